The molecule has 0 aliphatic carbocycles. The number of halogens is 1. The molecule has 0 unspecified atom stereocenters. The maximum Gasteiger partial charge on any atom is 0.202 e. The van der Waals surface area contributed by atoms with Crippen molar-refractivity contribution in [3.05, 3.63) is 35.0 Å². The third-order valence-electron chi connectivity index (χ3n) is 5.21. The summed E-state index contributed by atoms with van der Waals surface area (Å²) >= 11 is 6.56. The third-order valence-corrected chi connectivity index (χ3v) is 5.66. The summed E-state index contributed by atoms with van der Waals surface area (Å²) in [6, 6.07) is 6.03. The van der Waals surface area contributed by atoms with E-state index in [2.05, 4.69) is 33.9 Å². The number of fused-ring (bicyclic) bond motifs is 1. The van der Waals surface area contributed by atoms with Crippen LogP contribution in [0.15, 0.2) is 24.4 Å². The first-order valence-electron chi connectivity index (χ1n) is 9.01. The fraction of sp³-hybridized carbons (Fsp3) is 0.421. The lowest BCUT2D eigenvalue weighted by molar-refractivity contribution is 0.363. The van der Waals surface area contributed by atoms with Crippen LogP contribution in [0.3, 0.4) is 0 Å². The Morgan fingerprint density at radius 3 is 2.81 bits per heavy atom. The molecule has 6 nitrogen and oxygen atoms in total. The Morgan fingerprint density at radius 1 is 1.31 bits per heavy atom. The topological polar surface area (TPSA) is 83.7 Å². The van der Waals surface area contributed by atoms with Gasteiger partial charge in [0.25, 0.3) is 0 Å². The lowest BCUT2D eigenvalue weighted by atomic mass is 9.91. The van der Waals surface area contributed by atoms with Gasteiger partial charge in [-0.1, -0.05) is 36.7 Å². The summed E-state index contributed by atoms with van der Waals surface area (Å²) in [6.07, 6.45) is 4.58. The van der Waals surface area contributed by atoms with E-state index in [1.807, 2.05) is 24.4 Å². The number of aryl methyl sites for hydroxylation is 1. The lowest BCUT2D eigenvalue weighted by Gasteiger charge is -2.37. The van der Waals surface area contributed by atoms with E-state index in [4.69, 9.17) is 22.3 Å². The molecule has 3 aromatic rings. The average molecular weight is 371 g/mol. The van der Waals surface area contributed by atoms with E-state index < -0.39 is 0 Å². The molecular weight excluding hydrogens is 348 g/mol. The molecule has 1 fully saturated rings. The van der Waals surface area contributed by atoms with Crippen molar-refractivity contribution in [3.63, 3.8) is 0 Å². The maximum atomic E-state index is 6.56. The van der Waals surface area contributed by atoms with Gasteiger partial charge in [-0.05, 0) is 31.7 Å². The van der Waals surface area contributed by atoms with Crippen molar-refractivity contribution in [2.75, 3.05) is 18.0 Å². The number of nitrogens with two attached hydrogens (primary N) is 1. The molecule has 0 amide bonds. The molecule has 0 bridgehead atoms. The van der Waals surface area contributed by atoms with Gasteiger partial charge in [0.1, 0.15) is 11.3 Å². The lowest BCUT2D eigenvalue weighted by Crippen LogP contribution is -2.48. The number of anilines is 1. The Morgan fingerprint density at radius 2 is 2.08 bits per heavy atom. The van der Waals surface area contributed by atoms with E-state index in [-0.39, 0.29) is 5.54 Å². The van der Waals surface area contributed by atoms with Crippen LogP contribution in [0.5, 0.6) is 0 Å². The molecule has 0 radical (unpaired) electrons. The van der Waals surface area contributed by atoms with Crippen molar-refractivity contribution in [3.8, 4) is 11.3 Å². The highest BCUT2D eigenvalue weighted by Gasteiger charge is 2.27. The van der Waals surface area contributed by atoms with Gasteiger partial charge < -0.3 is 10.6 Å². The molecule has 136 valence electrons. The molecule has 1 aliphatic heterocycles. The van der Waals surface area contributed by atoms with Gasteiger partial charge in [0.15, 0.2) is 0 Å². The van der Waals surface area contributed by atoms with E-state index in [0.717, 1.165) is 65.5 Å². The van der Waals surface area contributed by atoms with Gasteiger partial charge in [-0.15, -0.1) is 0 Å². The van der Waals surface area contributed by atoms with Crippen LogP contribution in [-0.4, -0.2) is 38.8 Å². The second-order valence-electron chi connectivity index (χ2n) is 7.27. The molecule has 0 spiro atoms. The molecule has 1 saturated heterocycles. The molecule has 7 heteroatoms. The van der Waals surface area contributed by atoms with E-state index >= 15 is 0 Å². The zero-order valence-corrected chi connectivity index (χ0v) is 15.8. The highest BCUT2D eigenvalue weighted by Crippen LogP contribution is 2.33. The Labute approximate surface area is 157 Å². The molecule has 26 heavy (non-hydrogen) atoms. The number of benzene rings is 1. The molecule has 4 rings (SSSR count). The van der Waals surface area contributed by atoms with E-state index in [1.165, 1.54) is 0 Å². The number of aromatic amines is 1. The largest absolute Gasteiger partial charge is 0.355 e. The normalized spacial score (nSPS) is 17.0. The molecule has 1 aliphatic rings. The Bertz CT molecular complexity index is 938. The monoisotopic (exact) mass is 370 g/mol. The predicted octanol–water partition coefficient (Wildman–Crippen LogP) is 3.55. The number of nitrogens with zero attached hydrogens (tertiary/aromatic N) is 4. The first-order chi connectivity index (χ1) is 12.5. The zero-order chi connectivity index (χ0) is 18.3. The van der Waals surface area contributed by atoms with Crippen molar-refractivity contribution in [1.82, 2.24) is 20.2 Å². The van der Waals surface area contributed by atoms with Gasteiger partial charge in [0.2, 0.25) is 5.65 Å². The smallest absolute Gasteiger partial charge is 0.202 e. The molecule has 1 aromatic carbocycles. The minimum atomic E-state index is -0.0887. The van der Waals surface area contributed by atoms with Crippen molar-refractivity contribution >= 4 is 28.6 Å². The highest BCUT2D eigenvalue weighted by atomic mass is 35.5. The van der Waals surface area contributed by atoms with Crippen LogP contribution in [-0.2, 0) is 6.42 Å². The van der Waals surface area contributed by atoms with Gasteiger partial charge in [-0.25, -0.2) is 9.97 Å². The summed E-state index contributed by atoms with van der Waals surface area (Å²) < 4.78 is 0. The first-order valence-corrected chi connectivity index (χ1v) is 9.39. The van der Waals surface area contributed by atoms with Crippen LogP contribution in [0.4, 0.5) is 5.82 Å². The quantitative estimate of drug-likeness (QED) is 0.736. The molecular formula is C19H23ClN6. The number of piperidine rings is 1. The average Bonchev–Trinajstić information content (AvgIpc) is 3.05. The minimum absolute atomic E-state index is 0.0887. The second-order valence-corrected chi connectivity index (χ2v) is 7.65. The van der Waals surface area contributed by atoms with Crippen molar-refractivity contribution < 1.29 is 0 Å². The summed E-state index contributed by atoms with van der Waals surface area (Å²) in [5, 5.41) is 8.18. The van der Waals surface area contributed by atoms with Gasteiger partial charge in [0.05, 0.1) is 16.9 Å². The molecule has 3 N–H and O–H groups in total. The van der Waals surface area contributed by atoms with E-state index in [0.29, 0.717) is 5.65 Å². The van der Waals surface area contributed by atoms with Crippen molar-refractivity contribution in [2.45, 2.75) is 38.6 Å². The number of H-pyrrole nitrogens is 1. The van der Waals surface area contributed by atoms with Crippen LogP contribution in [0, 0.1) is 0 Å². The summed E-state index contributed by atoms with van der Waals surface area (Å²) in [5.74, 6) is 0.847. The Kier molecular flexibility index (Phi) is 4.32. The molecule has 2 aromatic heterocycles. The van der Waals surface area contributed by atoms with Gasteiger partial charge in [-0.3, -0.25) is 5.10 Å². The van der Waals surface area contributed by atoms with Crippen molar-refractivity contribution in [1.29, 1.82) is 0 Å². The van der Waals surface area contributed by atoms with E-state index in [1.54, 1.807) is 0 Å². The fourth-order valence-electron chi connectivity index (χ4n) is 3.42. The second kappa shape index (κ2) is 6.52. The van der Waals surface area contributed by atoms with Crippen LogP contribution in [0.25, 0.3) is 22.4 Å². The van der Waals surface area contributed by atoms with Crippen LogP contribution >= 0.6 is 11.6 Å². The number of aromatic nitrogens is 4. The summed E-state index contributed by atoms with van der Waals surface area (Å²) in [5.41, 5.74) is 10.3. The molecule has 3 heterocycles. The summed E-state index contributed by atoms with van der Waals surface area (Å²) in [6.45, 7) is 5.96. The summed E-state index contributed by atoms with van der Waals surface area (Å²) in [4.78, 5) is 11.6. The van der Waals surface area contributed by atoms with Crippen LogP contribution < -0.4 is 10.6 Å². The van der Waals surface area contributed by atoms with Gasteiger partial charge in [0, 0.05) is 24.2 Å². The SMILES string of the molecule is CCc1cccc(-c2[nH]nc3nc(N4CCC(C)(N)CC4)cnc23)c1Cl. The number of nitrogens with one attached hydrogen (secondary N) is 1. The Hall–Kier alpha value is -2.18. The predicted molar refractivity (Wildman–Crippen MR) is 106 cm³/mol. The number of hydrogen-bond acceptors (Lipinski definition) is 5. The molecule has 0 atom stereocenters. The number of rotatable bonds is 3. The van der Waals surface area contributed by atoms with Gasteiger partial charge >= 0.3 is 0 Å². The van der Waals surface area contributed by atoms with Crippen LogP contribution in [0.2, 0.25) is 5.02 Å². The van der Waals surface area contributed by atoms with E-state index in [9.17, 15) is 0 Å². The first kappa shape index (κ1) is 17.2. The van der Waals surface area contributed by atoms with Crippen molar-refractivity contribution in [2.24, 2.45) is 5.73 Å². The molecule has 0 saturated carbocycles. The van der Waals surface area contributed by atoms with Crippen LogP contribution in [0.1, 0.15) is 32.3 Å². The van der Waals surface area contributed by atoms with Gasteiger partial charge in [-0.2, -0.15) is 5.10 Å². The maximum absolute atomic E-state index is 6.56. The standard InChI is InChI=1S/C19H23ClN6/c1-3-12-5-4-6-13(15(12)20)16-17-18(25-24-16)23-14(11-22-17)26-9-7-19(2,21)8-10-26/h4-6,11H,3,7-10,21H2,1-2H3,(H,23,24,25). The Balaban J connectivity index is 1.69. The third kappa shape index (κ3) is 3.04. The fourth-order valence-corrected chi connectivity index (χ4v) is 3.77. The zero-order valence-electron chi connectivity index (χ0n) is 15.1. The minimum Gasteiger partial charge on any atom is -0.355 e. The number of hydrogen-bond donors (Lipinski definition) is 2. The summed E-state index contributed by atoms with van der Waals surface area (Å²) in [7, 11) is 0. The highest BCUT2D eigenvalue weighted by molar-refractivity contribution is 6.34.